The normalized spacial score (nSPS) is 18.7. The van der Waals surface area contributed by atoms with E-state index in [0.717, 1.165) is 25.7 Å². The van der Waals surface area contributed by atoms with Gasteiger partial charge in [-0.15, -0.1) is 0 Å². The maximum absolute atomic E-state index is 12.4. The maximum atomic E-state index is 12.4. The van der Waals surface area contributed by atoms with E-state index in [1.54, 1.807) is 0 Å². The molecule has 1 fully saturated rings. The van der Waals surface area contributed by atoms with Crippen LogP contribution < -0.4 is 5.32 Å². The predicted molar refractivity (Wildman–Crippen MR) is 104 cm³/mol. The summed E-state index contributed by atoms with van der Waals surface area (Å²) in [6.07, 6.45) is 4.46. The predicted octanol–water partition coefficient (Wildman–Crippen LogP) is 2.56. The standard InChI is InChI=1S/C20H26N2O3S/c1-26(24,25)22-14-6-11-18(15-22)20(23)21-13-5-10-17-9-4-8-16-7-2-3-12-19(16)17/h2-4,7-9,12,18H,5-6,10-11,13-15H2,1H3,(H,21,23)/t18-/m1/s1. The van der Waals surface area contributed by atoms with Crippen LogP contribution in [0.5, 0.6) is 0 Å². The van der Waals surface area contributed by atoms with Gasteiger partial charge < -0.3 is 5.32 Å². The summed E-state index contributed by atoms with van der Waals surface area (Å²) < 4.78 is 24.8. The first kappa shape index (κ1) is 18.9. The molecule has 0 unspecified atom stereocenters. The van der Waals surface area contributed by atoms with Gasteiger partial charge in [-0.3, -0.25) is 4.79 Å². The van der Waals surface area contributed by atoms with Crippen LogP contribution in [0.1, 0.15) is 24.8 Å². The minimum Gasteiger partial charge on any atom is -0.356 e. The average Bonchev–Trinajstić information content (AvgIpc) is 2.64. The molecule has 6 heteroatoms. The molecule has 0 saturated carbocycles. The topological polar surface area (TPSA) is 66.5 Å². The van der Waals surface area contributed by atoms with E-state index in [2.05, 4.69) is 35.6 Å². The number of hydrogen-bond donors (Lipinski definition) is 1. The summed E-state index contributed by atoms with van der Waals surface area (Å²) >= 11 is 0. The van der Waals surface area contributed by atoms with Crippen molar-refractivity contribution in [3.05, 3.63) is 48.0 Å². The van der Waals surface area contributed by atoms with Crippen LogP contribution in [-0.2, 0) is 21.2 Å². The third-order valence-corrected chi connectivity index (χ3v) is 6.30. The van der Waals surface area contributed by atoms with Crippen molar-refractivity contribution in [1.82, 2.24) is 9.62 Å². The molecular formula is C20H26N2O3S. The van der Waals surface area contributed by atoms with Gasteiger partial charge in [0, 0.05) is 19.6 Å². The van der Waals surface area contributed by atoms with Gasteiger partial charge in [-0.2, -0.15) is 0 Å². The Bertz CT molecular complexity index is 874. The second-order valence-electron chi connectivity index (χ2n) is 6.99. The second-order valence-corrected chi connectivity index (χ2v) is 8.98. The first-order valence-electron chi connectivity index (χ1n) is 9.14. The molecule has 140 valence electrons. The van der Waals surface area contributed by atoms with Gasteiger partial charge in [-0.1, -0.05) is 42.5 Å². The van der Waals surface area contributed by atoms with Crippen molar-refractivity contribution in [2.75, 3.05) is 25.9 Å². The Hall–Kier alpha value is -1.92. The molecular weight excluding hydrogens is 348 g/mol. The van der Waals surface area contributed by atoms with Crippen LogP contribution in [0.25, 0.3) is 10.8 Å². The Morgan fingerprint density at radius 1 is 1.19 bits per heavy atom. The van der Waals surface area contributed by atoms with E-state index in [0.29, 0.717) is 19.6 Å². The van der Waals surface area contributed by atoms with Gasteiger partial charge in [-0.05, 0) is 42.0 Å². The summed E-state index contributed by atoms with van der Waals surface area (Å²) in [5.41, 5.74) is 1.29. The van der Waals surface area contributed by atoms with Gasteiger partial charge in [-0.25, -0.2) is 12.7 Å². The summed E-state index contributed by atoms with van der Waals surface area (Å²) in [6.45, 7) is 1.43. The summed E-state index contributed by atoms with van der Waals surface area (Å²) in [6, 6.07) is 14.6. The Labute approximate surface area is 155 Å². The van der Waals surface area contributed by atoms with Gasteiger partial charge in [0.25, 0.3) is 0 Å². The van der Waals surface area contributed by atoms with Gasteiger partial charge in [0.15, 0.2) is 0 Å². The van der Waals surface area contributed by atoms with E-state index in [1.165, 1.54) is 26.9 Å². The molecule has 1 heterocycles. The van der Waals surface area contributed by atoms with E-state index in [1.807, 2.05) is 12.1 Å². The fourth-order valence-corrected chi connectivity index (χ4v) is 4.51. The molecule has 1 atom stereocenters. The first-order chi connectivity index (χ1) is 12.4. The lowest BCUT2D eigenvalue weighted by atomic mass is 9.98. The number of carbonyl (C=O) groups is 1. The minimum absolute atomic E-state index is 0.0312. The van der Waals surface area contributed by atoms with Crippen LogP contribution in [-0.4, -0.2) is 44.5 Å². The lowest BCUT2D eigenvalue weighted by Crippen LogP contribution is -2.45. The van der Waals surface area contributed by atoms with Crippen LogP contribution >= 0.6 is 0 Å². The second kappa shape index (κ2) is 8.18. The van der Waals surface area contributed by atoms with Crippen molar-refractivity contribution in [3.8, 4) is 0 Å². The van der Waals surface area contributed by atoms with Crippen LogP contribution in [0, 0.1) is 5.92 Å². The van der Waals surface area contributed by atoms with Crippen LogP contribution in [0.15, 0.2) is 42.5 Å². The molecule has 1 N–H and O–H groups in total. The molecule has 5 nitrogen and oxygen atoms in total. The van der Waals surface area contributed by atoms with Crippen LogP contribution in [0.4, 0.5) is 0 Å². The maximum Gasteiger partial charge on any atom is 0.224 e. The fourth-order valence-electron chi connectivity index (χ4n) is 3.60. The highest BCUT2D eigenvalue weighted by molar-refractivity contribution is 7.88. The zero-order valence-corrected chi connectivity index (χ0v) is 16.0. The highest BCUT2D eigenvalue weighted by Gasteiger charge is 2.29. The number of benzene rings is 2. The van der Waals surface area contributed by atoms with Crippen molar-refractivity contribution in [3.63, 3.8) is 0 Å². The molecule has 26 heavy (non-hydrogen) atoms. The van der Waals surface area contributed by atoms with Crippen LogP contribution in [0.3, 0.4) is 0 Å². The molecule has 1 amide bonds. The largest absolute Gasteiger partial charge is 0.356 e. The Kier molecular flexibility index (Phi) is 5.94. The zero-order valence-electron chi connectivity index (χ0n) is 15.1. The van der Waals surface area contributed by atoms with Crippen LogP contribution in [0.2, 0.25) is 0 Å². The smallest absolute Gasteiger partial charge is 0.224 e. The van der Waals surface area contributed by atoms with Crippen molar-refractivity contribution < 1.29 is 13.2 Å². The highest BCUT2D eigenvalue weighted by Crippen LogP contribution is 2.20. The summed E-state index contributed by atoms with van der Waals surface area (Å²) in [5.74, 6) is -0.271. The van der Waals surface area contributed by atoms with Gasteiger partial charge in [0.2, 0.25) is 15.9 Å². The number of amides is 1. The van der Waals surface area contributed by atoms with Gasteiger partial charge in [0.05, 0.1) is 12.2 Å². The Morgan fingerprint density at radius 2 is 1.96 bits per heavy atom. The molecule has 0 bridgehead atoms. The molecule has 3 rings (SSSR count). The average molecular weight is 375 g/mol. The monoisotopic (exact) mass is 374 g/mol. The number of aryl methyl sites for hydroxylation is 1. The molecule has 1 aliphatic heterocycles. The van der Waals surface area contributed by atoms with E-state index < -0.39 is 10.0 Å². The fraction of sp³-hybridized carbons (Fsp3) is 0.450. The lowest BCUT2D eigenvalue weighted by molar-refractivity contribution is -0.126. The van der Waals surface area contributed by atoms with E-state index in [4.69, 9.17) is 0 Å². The number of piperidine rings is 1. The molecule has 1 aliphatic rings. The third-order valence-electron chi connectivity index (χ3n) is 5.03. The van der Waals surface area contributed by atoms with Crippen molar-refractivity contribution >= 4 is 26.7 Å². The Morgan fingerprint density at radius 3 is 2.77 bits per heavy atom. The van der Waals surface area contributed by atoms with E-state index >= 15 is 0 Å². The number of sulfonamides is 1. The number of nitrogens with zero attached hydrogens (tertiary/aromatic N) is 1. The number of rotatable bonds is 6. The molecule has 1 saturated heterocycles. The zero-order chi connectivity index (χ0) is 18.6. The first-order valence-corrected chi connectivity index (χ1v) is 11.0. The number of nitrogens with one attached hydrogen (secondary N) is 1. The third kappa shape index (κ3) is 4.62. The molecule has 2 aromatic carbocycles. The van der Waals surface area contributed by atoms with Crippen molar-refractivity contribution in [2.24, 2.45) is 5.92 Å². The SMILES string of the molecule is CS(=O)(=O)N1CCC[C@@H](C(=O)NCCCc2cccc3ccccc23)C1. The molecule has 0 radical (unpaired) electrons. The van der Waals surface area contributed by atoms with E-state index in [-0.39, 0.29) is 11.8 Å². The number of hydrogen-bond acceptors (Lipinski definition) is 3. The number of carbonyl (C=O) groups excluding carboxylic acids is 1. The molecule has 2 aromatic rings. The quantitative estimate of drug-likeness (QED) is 0.790. The summed E-state index contributed by atoms with van der Waals surface area (Å²) in [7, 11) is -3.22. The molecule has 0 aromatic heterocycles. The van der Waals surface area contributed by atoms with Gasteiger partial charge >= 0.3 is 0 Å². The molecule has 0 aliphatic carbocycles. The summed E-state index contributed by atoms with van der Waals surface area (Å²) in [5, 5.41) is 5.48. The van der Waals surface area contributed by atoms with Crippen molar-refractivity contribution in [2.45, 2.75) is 25.7 Å². The number of fused-ring (bicyclic) bond motifs is 1. The highest BCUT2D eigenvalue weighted by atomic mass is 32.2. The lowest BCUT2D eigenvalue weighted by Gasteiger charge is -2.30. The Balaban J connectivity index is 1.49. The van der Waals surface area contributed by atoms with Crippen molar-refractivity contribution in [1.29, 1.82) is 0 Å². The minimum atomic E-state index is -3.22. The summed E-state index contributed by atoms with van der Waals surface area (Å²) in [4.78, 5) is 12.4. The van der Waals surface area contributed by atoms with E-state index in [9.17, 15) is 13.2 Å². The molecule has 0 spiro atoms. The van der Waals surface area contributed by atoms with Gasteiger partial charge in [0.1, 0.15) is 0 Å².